The molecule has 0 aliphatic heterocycles. The first-order valence-electron chi connectivity index (χ1n) is 11.7. The number of nitrogens with one attached hydrogen (secondary N) is 1. The van der Waals surface area contributed by atoms with Gasteiger partial charge in [0, 0.05) is 32.2 Å². The molecule has 0 bridgehead atoms. The number of imidazole rings is 1. The number of rotatable bonds is 8. The van der Waals surface area contributed by atoms with Crippen molar-refractivity contribution in [3.8, 4) is 11.3 Å². The molecular weight excluding hydrogens is 500 g/mol. The van der Waals surface area contributed by atoms with Crippen molar-refractivity contribution >= 4 is 28.7 Å². The van der Waals surface area contributed by atoms with Crippen molar-refractivity contribution in [2.24, 2.45) is 7.05 Å². The van der Waals surface area contributed by atoms with Crippen LogP contribution >= 0.6 is 0 Å². The van der Waals surface area contributed by atoms with Crippen LogP contribution in [0.4, 0.5) is 14.6 Å². The zero-order chi connectivity index (χ0) is 27.8. The first kappa shape index (κ1) is 26.5. The first-order chi connectivity index (χ1) is 17.9. The topological polar surface area (TPSA) is 134 Å². The molecule has 1 N–H and O–H groups in total. The quantitative estimate of drug-likeness (QED) is 0.374. The highest BCUT2D eigenvalue weighted by Gasteiger charge is 2.26. The third-order valence-electron chi connectivity index (χ3n) is 6.09. The molecule has 0 saturated heterocycles. The second-order valence-electron chi connectivity index (χ2n) is 8.84. The van der Waals surface area contributed by atoms with Crippen LogP contribution in [-0.2, 0) is 29.1 Å². The molecule has 1 atom stereocenters. The van der Waals surface area contributed by atoms with Crippen LogP contribution in [0, 0.1) is 0 Å². The van der Waals surface area contributed by atoms with Crippen LogP contribution in [0.2, 0.25) is 0 Å². The van der Waals surface area contributed by atoms with E-state index in [2.05, 4.69) is 20.3 Å². The van der Waals surface area contributed by atoms with Crippen molar-refractivity contribution in [3.05, 3.63) is 69.4 Å². The number of hydrogen-bond acceptors (Lipinski definition) is 7. The maximum absolute atomic E-state index is 13.5. The predicted molar refractivity (Wildman–Crippen MR) is 135 cm³/mol. The van der Waals surface area contributed by atoms with E-state index in [9.17, 15) is 28.0 Å². The number of carbonyl (C=O) groups is 2. The molecule has 38 heavy (non-hydrogen) atoms. The van der Waals surface area contributed by atoms with Crippen LogP contribution < -0.4 is 16.6 Å². The Morgan fingerprint density at radius 3 is 2.50 bits per heavy atom. The summed E-state index contributed by atoms with van der Waals surface area (Å²) in [6.07, 6.45) is 2.71. The molecule has 4 rings (SSSR count). The molecule has 4 aromatic rings. The number of fused-ring (bicyclic) bond motifs is 1. The molecule has 11 nitrogen and oxygen atoms in total. The monoisotopic (exact) mass is 525 g/mol. The Morgan fingerprint density at radius 2 is 1.87 bits per heavy atom. The summed E-state index contributed by atoms with van der Waals surface area (Å²) in [5.74, 6) is -3.71. The van der Waals surface area contributed by atoms with Crippen molar-refractivity contribution in [1.82, 2.24) is 28.7 Å². The normalized spacial score (nSPS) is 12.5. The van der Waals surface area contributed by atoms with Gasteiger partial charge in [-0.3, -0.25) is 28.5 Å². The van der Waals surface area contributed by atoms with E-state index in [1.54, 1.807) is 32.0 Å². The molecule has 198 valence electrons. The minimum Gasteiger partial charge on any atom is -0.312 e. The van der Waals surface area contributed by atoms with E-state index in [4.69, 9.17) is 0 Å². The Labute approximate surface area is 214 Å². The molecule has 0 aromatic carbocycles. The van der Waals surface area contributed by atoms with Crippen molar-refractivity contribution in [2.45, 2.75) is 45.7 Å². The van der Waals surface area contributed by atoms with Crippen molar-refractivity contribution in [3.63, 3.8) is 0 Å². The van der Waals surface area contributed by atoms with E-state index in [1.807, 2.05) is 0 Å². The molecule has 1 amide bonds. The standard InChI is InChI=1S/C25H25F2N7O4/c1-5-16(35)12-33-23(37)20-21(32(4)24(33)38)29-13-34(20)14(2)22(36)31-19-8-6-7-17(30-19)15-9-10-18(28-11-15)25(3,26)27/h6-11,13-14H,5,12H2,1-4H3,(H,30,31,36)/t14-/m0/s1. The number of carbonyl (C=O) groups excluding carboxylic acids is 2. The van der Waals surface area contributed by atoms with E-state index in [0.29, 0.717) is 11.3 Å². The van der Waals surface area contributed by atoms with Gasteiger partial charge in [0.2, 0.25) is 5.91 Å². The highest BCUT2D eigenvalue weighted by atomic mass is 19.3. The van der Waals surface area contributed by atoms with Crippen molar-refractivity contribution < 1.29 is 18.4 Å². The summed E-state index contributed by atoms with van der Waals surface area (Å²) in [5, 5.41) is 2.67. The minimum atomic E-state index is -3.07. The van der Waals surface area contributed by atoms with Crippen molar-refractivity contribution in [1.29, 1.82) is 0 Å². The summed E-state index contributed by atoms with van der Waals surface area (Å²) in [4.78, 5) is 63.1. The van der Waals surface area contributed by atoms with Gasteiger partial charge in [-0.15, -0.1) is 0 Å². The maximum Gasteiger partial charge on any atom is 0.332 e. The second kappa shape index (κ2) is 10.1. The first-order valence-corrected chi connectivity index (χ1v) is 11.7. The van der Waals surface area contributed by atoms with Crippen LogP contribution in [-0.4, -0.2) is 40.3 Å². The largest absolute Gasteiger partial charge is 0.332 e. The van der Waals surface area contributed by atoms with Crippen LogP contribution in [0.15, 0.2) is 52.4 Å². The van der Waals surface area contributed by atoms with Gasteiger partial charge in [-0.05, 0) is 31.2 Å². The number of hydrogen-bond donors (Lipinski definition) is 1. The van der Waals surface area contributed by atoms with E-state index in [0.717, 1.165) is 16.1 Å². The third-order valence-corrected chi connectivity index (χ3v) is 6.09. The van der Waals surface area contributed by atoms with Crippen molar-refractivity contribution in [2.75, 3.05) is 5.32 Å². The Hall–Kier alpha value is -4.55. The number of halogens is 2. The zero-order valence-electron chi connectivity index (χ0n) is 21.1. The molecule has 4 aromatic heterocycles. The van der Waals surface area contributed by atoms with Crippen LogP contribution in [0.3, 0.4) is 0 Å². The summed E-state index contributed by atoms with van der Waals surface area (Å²) in [6.45, 7) is 3.55. The van der Waals surface area contributed by atoms with E-state index < -0.39 is 29.1 Å². The second-order valence-corrected chi connectivity index (χ2v) is 8.84. The number of nitrogens with zero attached hydrogens (tertiary/aromatic N) is 6. The minimum absolute atomic E-state index is 0.000692. The highest BCUT2D eigenvalue weighted by Crippen LogP contribution is 2.27. The Morgan fingerprint density at radius 1 is 1.13 bits per heavy atom. The molecule has 0 fully saturated rings. The molecule has 0 saturated carbocycles. The summed E-state index contributed by atoms with van der Waals surface area (Å²) in [7, 11) is 1.43. The van der Waals surface area contributed by atoms with E-state index in [-0.39, 0.29) is 41.4 Å². The van der Waals surface area contributed by atoms with Gasteiger partial charge in [-0.25, -0.2) is 14.8 Å². The number of Topliss-reactive ketones (excluding diaryl/α,β-unsaturated/α-hetero) is 1. The number of aryl methyl sites for hydroxylation is 1. The molecule has 0 spiro atoms. The smallest absolute Gasteiger partial charge is 0.312 e. The SMILES string of the molecule is CCC(=O)Cn1c(=O)c2c(ncn2[C@@H](C)C(=O)Nc2cccc(-c3ccc(C(C)(F)F)nc3)n2)n(C)c1=O. The lowest BCUT2D eigenvalue weighted by molar-refractivity contribution is -0.120. The van der Waals surface area contributed by atoms with Gasteiger partial charge < -0.3 is 9.88 Å². The zero-order valence-corrected chi connectivity index (χ0v) is 21.1. The summed E-state index contributed by atoms with van der Waals surface area (Å²) in [5.41, 5.74) is -0.824. The average molecular weight is 526 g/mol. The van der Waals surface area contributed by atoms with Gasteiger partial charge in [0.15, 0.2) is 16.9 Å². The number of ketones is 1. The lowest BCUT2D eigenvalue weighted by atomic mass is 10.1. The average Bonchev–Trinajstić information content (AvgIpc) is 3.34. The van der Waals surface area contributed by atoms with Crippen LogP contribution in [0.5, 0.6) is 0 Å². The fraction of sp³-hybridized carbons (Fsp3) is 0.320. The molecule has 13 heteroatoms. The maximum atomic E-state index is 13.5. The van der Waals surface area contributed by atoms with Crippen LogP contribution in [0.25, 0.3) is 22.4 Å². The fourth-order valence-electron chi connectivity index (χ4n) is 3.84. The fourth-order valence-corrected chi connectivity index (χ4v) is 3.84. The van der Waals surface area contributed by atoms with Gasteiger partial charge >= 0.3 is 5.69 Å². The van der Waals surface area contributed by atoms with Gasteiger partial charge in [0.25, 0.3) is 11.5 Å². The van der Waals surface area contributed by atoms with Gasteiger partial charge in [-0.2, -0.15) is 8.78 Å². The lowest BCUT2D eigenvalue weighted by Gasteiger charge is -2.15. The number of aromatic nitrogens is 6. The summed E-state index contributed by atoms with van der Waals surface area (Å²) >= 11 is 0. The highest BCUT2D eigenvalue weighted by molar-refractivity contribution is 5.93. The summed E-state index contributed by atoms with van der Waals surface area (Å²) < 4.78 is 30.2. The third kappa shape index (κ3) is 4.99. The van der Waals surface area contributed by atoms with Crippen LogP contribution in [0.1, 0.15) is 38.9 Å². The predicted octanol–water partition coefficient (Wildman–Crippen LogP) is 2.64. The number of anilines is 1. The number of alkyl halides is 2. The Bertz CT molecular complexity index is 1650. The molecule has 0 aliphatic rings. The van der Waals surface area contributed by atoms with Gasteiger partial charge in [0.05, 0.1) is 18.6 Å². The summed E-state index contributed by atoms with van der Waals surface area (Å²) in [6, 6.07) is 6.56. The van der Waals surface area contributed by atoms with E-state index >= 15 is 0 Å². The number of pyridine rings is 2. The molecule has 0 unspecified atom stereocenters. The Kier molecular flexibility index (Phi) is 7.03. The van der Waals surface area contributed by atoms with Gasteiger partial charge in [-0.1, -0.05) is 13.0 Å². The lowest BCUT2D eigenvalue weighted by Crippen LogP contribution is -2.41. The molecular formula is C25H25F2N7O4. The number of amides is 1. The molecule has 0 radical (unpaired) electrons. The Balaban J connectivity index is 1.63. The molecule has 0 aliphatic carbocycles. The molecule has 4 heterocycles. The van der Waals surface area contributed by atoms with E-state index in [1.165, 1.54) is 36.3 Å². The van der Waals surface area contributed by atoms with Gasteiger partial charge in [0.1, 0.15) is 17.6 Å².